The van der Waals surface area contributed by atoms with Gasteiger partial charge in [0.05, 0.1) is 24.4 Å². The van der Waals surface area contributed by atoms with Gasteiger partial charge in [-0.2, -0.15) is 8.42 Å². The smallest absolute Gasteiger partial charge is 0.281 e. The van der Waals surface area contributed by atoms with Crippen LogP contribution in [0.1, 0.15) is 19.3 Å². The van der Waals surface area contributed by atoms with Gasteiger partial charge >= 0.3 is 0 Å². The fourth-order valence-electron chi connectivity index (χ4n) is 2.37. The minimum Gasteiger partial charge on any atom is -0.341 e. The molecule has 0 saturated carbocycles. The molecular formula is C13H18N6O2S. The standard InChI is InChI=1S/C13H18N6O2S/c1-18-9-12(16-10-18)22(20,21)17-11-7-14-13(15-8-11)19-5-3-2-4-6-19/h7-10,17H,2-6H2,1H3. The molecule has 1 fully saturated rings. The number of nitrogens with zero attached hydrogens (tertiary/aromatic N) is 5. The van der Waals surface area contributed by atoms with Crippen LogP contribution in [0.4, 0.5) is 11.6 Å². The highest BCUT2D eigenvalue weighted by Crippen LogP contribution is 2.17. The minimum absolute atomic E-state index is 0.0323. The van der Waals surface area contributed by atoms with Crippen molar-refractivity contribution in [1.29, 1.82) is 0 Å². The average molecular weight is 322 g/mol. The second-order valence-corrected chi connectivity index (χ2v) is 6.93. The Hall–Kier alpha value is -2.16. The maximum atomic E-state index is 12.1. The molecule has 0 amide bonds. The summed E-state index contributed by atoms with van der Waals surface area (Å²) in [7, 11) is -1.99. The van der Waals surface area contributed by atoms with Crippen molar-refractivity contribution in [3.8, 4) is 0 Å². The molecule has 2 aromatic heterocycles. The normalized spacial score (nSPS) is 15.8. The third-order valence-corrected chi connectivity index (χ3v) is 4.75. The van der Waals surface area contributed by atoms with Gasteiger partial charge in [-0.3, -0.25) is 4.72 Å². The quantitative estimate of drug-likeness (QED) is 0.903. The van der Waals surface area contributed by atoms with Crippen molar-refractivity contribution in [2.75, 3.05) is 22.7 Å². The summed E-state index contributed by atoms with van der Waals surface area (Å²) in [6.45, 7) is 1.89. The molecule has 9 heteroatoms. The second-order valence-electron chi connectivity index (χ2n) is 5.30. The number of sulfonamides is 1. The van der Waals surface area contributed by atoms with Crippen molar-refractivity contribution in [2.24, 2.45) is 7.05 Å². The number of aromatic nitrogens is 4. The molecule has 0 unspecified atom stereocenters. The molecule has 1 N–H and O–H groups in total. The van der Waals surface area contributed by atoms with E-state index in [0.717, 1.165) is 25.9 Å². The fourth-order valence-corrected chi connectivity index (χ4v) is 3.38. The van der Waals surface area contributed by atoms with E-state index in [2.05, 4.69) is 24.6 Å². The molecule has 2 aromatic rings. The van der Waals surface area contributed by atoms with Crippen molar-refractivity contribution >= 4 is 21.7 Å². The Morgan fingerprint density at radius 3 is 2.36 bits per heavy atom. The number of aryl methyl sites for hydroxylation is 1. The van der Waals surface area contributed by atoms with E-state index in [4.69, 9.17) is 0 Å². The van der Waals surface area contributed by atoms with Crippen molar-refractivity contribution in [2.45, 2.75) is 24.3 Å². The van der Waals surface area contributed by atoms with E-state index < -0.39 is 10.0 Å². The zero-order chi connectivity index (χ0) is 15.6. The molecule has 0 radical (unpaired) electrons. The fraction of sp³-hybridized carbons (Fsp3) is 0.462. The summed E-state index contributed by atoms with van der Waals surface area (Å²) in [5, 5.41) is -0.0323. The van der Waals surface area contributed by atoms with E-state index in [-0.39, 0.29) is 5.03 Å². The topological polar surface area (TPSA) is 93.0 Å². The van der Waals surface area contributed by atoms with Crippen LogP contribution in [-0.4, -0.2) is 41.0 Å². The highest BCUT2D eigenvalue weighted by atomic mass is 32.2. The molecule has 0 spiro atoms. The molecule has 118 valence electrons. The van der Waals surface area contributed by atoms with E-state index in [1.54, 1.807) is 11.6 Å². The van der Waals surface area contributed by atoms with Crippen LogP contribution in [0.3, 0.4) is 0 Å². The first-order valence-electron chi connectivity index (χ1n) is 7.12. The predicted molar refractivity (Wildman–Crippen MR) is 82.1 cm³/mol. The molecule has 0 aromatic carbocycles. The van der Waals surface area contributed by atoms with Gasteiger partial charge in [-0.05, 0) is 19.3 Å². The maximum Gasteiger partial charge on any atom is 0.281 e. The number of piperidine rings is 1. The molecular weight excluding hydrogens is 304 g/mol. The summed E-state index contributed by atoms with van der Waals surface area (Å²) in [6, 6.07) is 0. The molecule has 3 heterocycles. The lowest BCUT2D eigenvalue weighted by Crippen LogP contribution is -2.30. The van der Waals surface area contributed by atoms with Crippen molar-refractivity contribution in [1.82, 2.24) is 19.5 Å². The molecule has 3 rings (SSSR count). The van der Waals surface area contributed by atoms with Gasteiger partial charge in [-0.15, -0.1) is 0 Å². The SMILES string of the molecule is Cn1cnc(S(=O)(=O)Nc2cnc(N3CCCCC3)nc2)c1. The van der Waals surface area contributed by atoms with Crippen molar-refractivity contribution < 1.29 is 8.42 Å². The van der Waals surface area contributed by atoms with Crippen LogP contribution in [0.15, 0.2) is 29.9 Å². The van der Waals surface area contributed by atoms with Gasteiger partial charge in [0.1, 0.15) is 0 Å². The van der Waals surface area contributed by atoms with Crippen LogP contribution in [0.25, 0.3) is 0 Å². The number of imidazole rings is 1. The molecule has 0 atom stereocenters. The third kappa shape index (κ3) is 3.19. The Morgan fingerprint density at radius 2 is 1.77 bits per heavy atom. The third-order valence-electron chi connectivity index (χ3n) is 3.49. The Balaban J connectivity index is 1.73. The van der Waals surface area contributed by atoms with E-state index in [1.807, 2.05) is 0 Å². The Labute approximate surface area is 129 Å². The van der Waals surface area contributed by atoms with E-state index in [1.165, 1.54) is 31.3 Å². The summed E-state index contributed by atoms with van der Waals surface area (Å²) >= 11 is 0. The van der Waals surface area contributed by atoms with Gasteiger partial charge in [0, 0.05) is 26.3 Å². The van der Waals surface area contributed by atoms with Crippen molar-refractivity contribution in [3.05, 3.63) is 24.9 Å². The summed E-state index contributed by atoms with van der Waals surface area (Å²) in [4.78, 5) is 14.4. The Bertz CT molecular complexity index is 734. The number of nitrogens with one attached hydrogen (secondary N) is 1. The lowest BCUT2D eigenvalue weighted by molar-refractivity contribution is 0.568. The number of rotatable bonds is 4. The summed E-state index contributed by atoms with van der Waals surface area (Å²) < 4.78 is 28.3. The lowest BCUT2D eigenvalue weighted by Gasteiger charge is -2.26. The predicted octanol–water partition coefficient (Wildman–Crippen LogP) is 1.00. The van der Waals surface area contributed by atoms with Crippen LogP contribution >= 0.6 is 0 Å². The average Bonchev–Trinajstić information content (AvgIpc) is 2.96. The van der Waals surface area contributed by atoms with E-state index in [9.17, 15) is 8.42 Å². The van der Waals surface area contributed by atoms with Gasteiger partial charge in [-0.1, -0.05) is 0 Å². The van der Waals surface area contributed by atoms with Crippen LogP contribution in [-0.2, 0) is 17.1 Å². The summed E-state index contributed by atoms with van der Waals surface area (Å²) in [5.41, 5.74) is 0.325. The largest absolute Gasteiger partial charge is 0.341 e. The zero-order valence-corrected chi connectivity index (χ0v) is 13.1. The zero-order valence-electron chi connectivity index (χ0n) is 12.3. The molecule has 22 heavy (non-hydrogen) atoms. The van der Waals surface area contributed by atoms with Gasteiger partial charge in [0.25, 0.3) is 10.0 Å². The van der Waals surface area contributed by atoms with Crippen LogP contribution in [0, 0.1) is 0 Å². The van der Waals surface area contributed by atoms with E-state index in [0.29, 0.717) is 11.6 Å². The number of anilines is 2. The first-order valence-corrected chi connectivity index (χ1v) is 8.61. The van der Waals surface area contributed by atoms with Gasteiger partial charge in [0.15, 0.2) is 5.03 Å². The van der Waals surface area contributed by atoms with E-state index >= 15 is 0 Å². The molecule has 1 aliphatic rings. The summed E-state index contributed by atoms with van der Waals surface area (Å²) in [6.07, 6.45) is 9.35. The summed E-state index contributed by atoms with van der Waals surface area (Å²) in [5.74, 6) is 0.639. The first-order chi connectivity index (χ1) is 10.5. The molecule has 1 saturated heterocycles. The van der Waals surface area contributed by atoms with Crippen molar-refractivity contribution in [3.63, 3.8) is 0 Å². The van der Waals surface area contributed by atoms with Crippen LogP contribution < -0.4 is 9.62 Å². The first kappa shape index (κ1) is 14.8. The van der Waals surface area contributed by atoms with Gasteiger partial charge in [-0.25, -0.2) is 15.0 Å². The van der Waals surface area contributed by atoms with Crippen LogP contribution in [0.5, 0.6) is 0 Å². The molecule has 1 aliphatic heterocycles. The molecule has 0 bridgehead atoms. The van der Waals surface area contributed by atoms with Gasteiger partial charge in [0.2, 0.25) is 5.95 Å². The second kappa shape index (κ2) is 5.91. The number of hydrogen-bond donors (Lipinski definition) is 1. The Kier molecular flexibility index (Phi) is 3.97. The number of hydrogen-bond acceptors (Lipinski definition) is 6. The lowest BCUT2D eigenvalue weighted by atomic mass is 10.1. The monoisotopic (exact) mass is 322 g/mol. The maximum absolute atomic E-state index is 12.1. The highest BCUT2D eigenvalue weighted by Gasteiger charge is 2.18. The molecule has 8 nitrogen and oxygen atoms in total. The molecule has 0 aliphatic carbocycles. The minimum atomic E-state index is -3.71. The highest BCUT2D eigenvalue weighted by molar-refractivity contribution is 7.92. The van der Waals surface area contributed by atoms with Crippen LogP contribution in [0.2, 0.25) is 0 Å². The Morgan fingerprint density at radius 1 is 1.09 bits per heavy atom. The van der Waals surface area contributed by atoms with Gasteiger partial charge < -0.3 is 9.47 Å².